The molecule has 2 aliphatic heterocycles. The molecule has 0 radical (unpaired) electrons. The Morgan fingerprint density at radius 3 is 1.34 bits per heavy atom. The van der Waals surface area contributed by atoms with Crippen LogP contribution in [0.2, 0.25) is 0 Å². The van der Waals surface area contributed by atoms with Crippen LogP contribution >= 0.6 is 12.1 Å². The molecular weight excluding hydrogens is 795 g/mol. The van der Waals surface area contributed by atoms with Gasteiger partial charge in [-0.25, -0.2) is 4.85 Å². The Morgan fingerprint density at radius 1 is 0.441 bits per heavy atom. The largest absolute Gasteiger partial charge is 0.308 e. The van der Waals surface area contributed by atoms with E-state index in [1.54, 1.807) is 0 Å². The van der Waals surface area contributed by atoms with Gasteiger partial charge in [0.25, 0.3) is 0 Å². The molecule has 0 N–H and O–H groups in total. The lowest BCUT2D eigenvalue weighted by Gasteiger charge is -2.47. The SMILES string of the molecule is [C-]#[N+]c1cccc(-c2ccc3c(c2)P(=S)(c2ccccc2)c2cc(-c4cccc(C#N)c4)cc4c2N3c2ccc(-c3cccc(C#N)c3)cc2P4(=S)c2ccccc2)c1. The molecule has 0 bridgehead atoms. The molecule has 4 nitrogen and oxygen atoms in total. The molecule has 0 spiro atoms. The summed E-state index contributed by atoms with van der Waals surface area (Å²) >= 11 is 14.5. The zero-order valence-corrected chi connectivity index (χ0v) is 34.7. The summed E-state index contributed by atoms with van der Waals surface area (Å²) in [6, 6.07) is 60.9. The average molecular weight is 825 g/mol. The van der Waals surface area contributed by atoms with Crippen LogP contribution in [0.1, 0.15) is 11.1 Å². The molecule has 0 saturated heterocycles. The van der Waals surface area contributed by atoms with Crippen molar-refractivity contribution in [2.45, 2.75) is 0 Å². The van der Waals surface area contributed by atoms with E-state index in [1.165, 1.54) is 0 Å². The Hall–Kier alpha value is -6.67. The Morgan fingerprint density at radius 2 is 0.864 bits per heavy atom. The molecule has 0 fully saturated rings. The quantitative estimate of drug-likeness (QED) is 0.128. The monoisotopic (exact) mass is 824 g/mol. The Kier molecular flexibility index (Phi) is 8.89. The molecule has 2 atom stereocenters. The molecule has 0 aromatic heterocycles. The number of anilines is 3. The third kappa shape index (κ3) is 5.75. The normalized spacial score (nSPS) is 17.0. The number of nitriles is 2. The number of nitrogens with zero attached hydrogens (tertiary/aromatic N) is 4. The average Bonchev–Trinajstić information content (AvgIpc) is 3.31. The van der Waals surface area contributed by atoms with Crippen molar-refractivity contribution in [1.82, 2.24) is 0 Å². The third-order valence-corrected chi connectivity index (χ3v) is 21.1. The van der Waals surface area contributed by atoms with Crippen molar-refractivity contribution < 1.29 is 0 Å². The minimum absolute atomic E-state index is 0.576. The van der Waals surface area contributed by atoms with Gasteiger partial charge in [-0.1, -0.05) is 139 Å². The predicted octanol–water partition coefficient (Wildman–Crippen LogP) is 10.6. The van der Waals surface area contributed by atoms with Gasteiger partial charge in [0.05, 0.1) is 46.9 Å². The smallest absolute Gasteiger partial charge is 0.187 e. The zero-order valence-electron chi connectivity index (χ0n) is 31.3. The van der Waals surface area contributed by atoms with E-state index < -0.39 is 12.1 Å². The van der Waals surface area contributed by atoms with Crippen molar-refractivity contribution >= 4 is 90.3 Å². The second-order valence-electron chi connectivity index (χ2n) is 14.5. The molecule has 2 aliphatic rings. The fourth-order valence-corrected chi connectivity index (χ4v) is 17.2. The summed E-state index contributed by atoms with van der Waals surface area (Å²) < 4.78 is 0. The lowest BCUT2D eigenvalue weighted by atomic mass is 10.0. The van der Waals surface area contributed by atoms with Gasteiger partial charge < -0.3 is 4.90 Å². The first-order chi connectivity index (χ1) is 28.8. The number of rotatable bonds is 5. The van der Waals surface area contributed by atoms with Gasteiger partial charge in [0.15, 0.2) is 5.69 Å². The van der Waals surface area contributed by atoms with Crippen molar-refractivity contribution in [1.29, 1.82) is 10.5 Å². The second-order valence-corrected chi connectivity index (χ2v) is 23.2. The molecule has 0 amide bonds. The van der Waals surface area contributed by atoms with Gasteiger partial charge in [-0.15, -0.1) is 0 Å². The van der Waals surface area contributed by atoms with Crippen LogP contribution in [0.3, 0.4) is 0 Å². The summed E-state index contributed by atoms with van der Waals surface area (Å²) in [5.74, 6) is 0. The van der Waals surface area contributed by atoms with Crippen LogP contribution in [0.4, 0.5) is 22.7 Å². The molecule has 10 rings (SSSR count). The van der Waals surface area contributed by atoms with Gasteiger partial charge >= 0.3 is 0 Å². The summed E-state index contributed by atoms with van der Waals surface area (Å²) in [5.41, 5.74) is 10.5. The minimum Gasteiger partial charge on any atom is -0.308 e. The van der Waals surface area contributed by atoms with E-state index in [4.69, 9.17) is 30.2 Å². The third-order valence-electron chi connectivity index (χ3n) is 11.3. The van der Waals surface area contributed by atoms with Crippen LogP contribution in [0.15, 0.2) is 182 Å². The van der Waals surface area contributed by atoms with Gasteiger partial charge in [0, 0.05) is 33.3 Å². The highest BCUT2D eigenvalue weighted by atomic mass is 32.4. The maximum atomic E-state index is 10.0. The second kappa shape index (κ2) is 14.3. The minimum atomic E-state index is -2.84. The maximum absolute atomic E-state index is 10.0. The van der Waals surface area contributed by atoms with Crippen LogP contribution in [0, 0.1) is 29.2 Å². The van der Waals surface area contributed by atoms with Gasteiger partial charge in [0.1, 0.15) is 0 Å². The summed E-state index contributed by atoms with van der Waals surface area (Å²) in [6.07, 6.45) is 0. The number of fused-ring (bicyclic) bond motifs is 4. The van der Waals surface area contributed by atoms with Crippen molar-refractivity contribution in [3.8, 4) is 45.5 Å². The topological polar surface area (TPSA) is 55.2 Å². The molecule has 2 unspecified atom stereocenters. The van der Waals surface area contributed by atoms with Crippen LogP contribution in [0.5, 0.6) is 0 Å². The highest BCUT2D eigenvalue weighted by Crippen LogP contribution is 2.61. The van der Waals surface area contributed by atoms with E-state index >= 15 is 0 Å². The van der Waals surface area contributed by atoms with E-state index in [-0.39, 0.29) is 0 Å². The highest BCUT2D eigenvalue weighted by Gasteiger charge is 2.46. The number of hydrogen-bond donors (Lipinski definition) is 0. The van der Waals surface area contributed by atoms with Gasteiger partial charge in [0.2, 0.25) is 0 Å². The lowest BCUT2D eigenvalue weighted by Crippen LogP contribution is -2.46. The Labute approximate surface area is 353 Å². The molecule has 59 heavy (non-hydrogen) atoms. The van der Waals surface area contributed by atoms with Crippen LogP contribution in [-0.4, -0.2) is 0 Å². The summed E-state index contributed by atoms with van der Waals surface area (Å²) in [4.78, 5) is 6.12. The van der Waals surface area contributed by atoms with Gasteiger partial charge in [-0.2, -0.15) is 10.5 Å². The van der Waals surface area contributed by atoms with Crippen molar-refractivity contribution in [3.63, 3.8) is 0 Å². The fourth-order valence-electron chi connectivity index (χ4n) is 8.52. The van der Waals surface area contributed by atoms with Crippen LogP contribution in [-0.2, 0) is 23.6 Å². The summed E-state index contributed by atoms with van der Waals surface area (Å²) in [6.45, 7) is 7.73. The van der Waals surface area contributed by atoms with Gasteiger partial charge in [-0.3, -0.25) is 0 Å². The lowest BCUT2D eigenvalue weighted by molar-refractivity contribution is 1.31. The molecule has 8 aromatic rings. The van der Waals surface area contributed by atoms with E-state index in [0.29, 0.717) is 16.8 Å². The Bertz CT molecular complexity index is 3100. The van der Waals surface area contributed by atoms with E-state index in [9.17, 15) is 10.5 Å². The maximum Gasteiger partial charge on any atom is 0.187 e. The number of hydrogen-bond acceptors (Lipinski definition) is 5. The van der Waals surface area contributed by atoms with Crippen LogP contribution in [0.25, 0.3) is 38.2 Å². The fraction of sp³-hybridized carbons (Fsp3) is 0. The first-order valence-electron chi connectivity index (χ1n) is 18.9. The van der Waals surface area contributed by atoms with Crippen molar-refractivity contribution in [3.05, 3.63) is 205 Å². The van der Waals surface area contributed by atoms with Gasteiger partial charge in [-0.05, 0) is 111 Å². The molecule has 276 valence electrons. The zero-order chi connectivity index (χ0) is 40.3. The molecular formula is C51H30N4P2S2. The number of benzene rings is 8. The van der Waals surface area contributed by atoms with Crippen molar-refractivity contribution in [2.24, 2.45) is 0 Å². The standard InChI is InChI=1S/C51H30N4P2S2/c1-54-42-16-10-15-38(27-42)40-22-24-46-48(29-40)57(59,44-19-6-3-7-20-44)50-31-41(37-14-9-12-35(26-37)33-53)30-49-51(50)55(46)45-23-21-39(36-13-8-11-34(25-36)32-52)28-47(45)56(49,58)43-17-4-2-5-18-43/h2-31H. The Balaban J connectivity index is 1.36. The van der Waals surface area contributed by atoms with E-state index in [1.807, 2.05) is 78.9 Å². The molecule has 0 aliphatic carbocycles. The molecule has 2 heterocycles. The van der Waals surface area contributed by atoms with E-state index in [0.717, 1.165) is 82.3 Å². The first-order valence-corrected chi connectivity index (χ1v) is 24.5. The highest BCUT2D eigenvalue weighted by molar-refractivity contribution is 8.27. The summed E-state index contributed by atoms with van der Waals surface area (Å²) in [7, 11) is 0. The molecule has 0 saturated carbocycles. The predicted molar refractivity (Wildman–Crippen MR) is 252 cm³/mol. The first kappa shape index (κ1) is 36.7. The van der Waals surface area contributed by atoms with Crippen molar-refractivity contribution in [2.75, 3.05) is 4.90 Å². The van der Waals surface area contributed by atoms with Crippen LogP contribution < -0.4 is 36.7 Å². The molecule has 8 heteroatoms. The van der Waals surface area contributed by atoms with E-state index in [2.05, 4.69) is 125 Å². The summed E-state index contributed by atoms with van der Waals surface area (Å²) in [5, 5.41) is 26.2. The molecule has 8 aromatic carbocycles.